The Hall–Kier alpha value is -7.31. The molecule has 0 saturated heterocycles. The number of aromatic nitrogens is 5. The highest BCUT2D eigenvalue weighted by atomic mass is 16.3. The van der Waals surface area contributed by atoms with Crippen LogP contribution in [-0.2, 0) is 0 Å². The van der Waals surface area contributed by atoms with Crippen LogP contribution in [0.5, 0.6) is 0 Å². The molecule has 0 amide bonds. The molecule has 3 heterocycles. The van der Waals surface area contributed by atoms with Crippen molar-refractivity contribution in [1.29, 1.82) is 0 Å². The molecule has 0 saturated carbocycles. The Morgan fingerprint density at radius 3 is 1.40 bits per heavy atom. The highest BCUT2D eigenvalue weighted by molar-refractivity contribution is 6.04. The maximum Gasteiger partial charge on any atom is 0.246 e. The minimum absolute atomic E-state index is 0.544. The molecule has 0 aliphatic carbocycles. The third kappa shape index (κ3) is 5.78. The summed E-state index contributed by atoms with van der Waals surface area (Å²) in [6.45, 7) is 0. The lowest BCUT2D eigenvalue weighted by molar-refractivity contribution is 0.655. The van der Waals surface area contributed by atoms with Gasteiger partial charge in [-0.25, -0.2) is 24.9 Å². The summed E-state index contributed by atoms with van der Waals surface area (Å²) in [7, 11) is 0. The van der Waals surface area contributed by atoms with Crippen LogP contribution >= 0.6 is 0 Å². The fraction of sp³-hybridized carbons (Fsp3) is 0. The number of para-hydroxylation sites is 2. The van der Waals surface area contributed by atoms with Gasteiger partial charge in [0, 0.05) is 22.1 Å². The highest BCUT2D eigenvalue weighted by Crippen LogP contribution is 2.34. The predicted octanol–water partition coefficient (Wildman–Crippen LogP) is 11.7. The summed E-state index contributed by atoms with van der Waals surface area (Å²) in [6.07, 6.45) is 0. The standard InChI is InChI=1S/C47H29N5O/c1-3-11-30(12-4-1)31-21-23-33(24-22-31)45-50-44(32-13-5-2-6-14-32)51-46(52-45)38-18-10-17-36(28-38)34-15-9-16-35(27-34)37-25-26-39-42(29-37)53-47-43(39)48-40-19-7-8-20-41(40)49-47/h1-29H. The van der Waals surface area contributed by atoms with Crippen LogP contribution < -0.4 is 0 Å². The Labute approximate surface area is 305 Å². The Bertz CT molecular complexity index is 2940. The topological polar surface area (TPSA) is 77.6 Å². The predicted molar refractivity (Wildman–Crippen MR) is 213 cm³/mol. The van der Waals surface area contributed by atoms with E-state index < -0.39 is 0 Å². The molecule has 6 nitrogen and oxygen atoms in total. The van der Waals surface area contributed by atoms with Gasteiger partial charge in [-0.05, 0) is 69.8 Å². The number of hydrogen-bond donors (Lipinski definition) is 0. The van der Waals surface area contributed by atoms with E-state index in [1.165, 1.54) is 5.56 Å². The smallest absolute Gasteiger partial charge is 0.246 e. The Balaban J connectivity index is 1.01. The number of benzene rings is 7. The van der Waals surface area contributed by atoms with E-state index in [0.717, 1.165) is 72.0 Å². The van der Waals surface area contributed by atoms with Gasteiger partial charge < -0.3 is 4.42 Å². The molecule has 6 heteroatoms. The SMILES string of the molecule is c1ccc(-c2ccc(-c3nc(-c4ccccc4)nc(-c4cccc(-c5cccc(-c6ccc7c(c6)oc6nc8ccccc8nc67)c5)c4)n3)cc2)cc1. The van der Waals surface area contributed by atoms with Crippen LogP contribution in [0.3, 0.4) is 0 Å². The van der Waals surface area contributed by atoms with Gasteiger partial charge in [0.1, 0.15) is 11.1 Å². The van der Waals surface area contributed by atoms with Gasteiger partial charge in [0.2, 0.25) is 5.71 Å². The van der Waals surface area contributed by atoms with Crippen molar-refractivity contribution < 1.29 is 4.42 Å². The van der Waals surface area contributed by atoms with E-state index in [1.807, 2.05) is 60.7 Å². The number of nitrogens with zero attached hydrogens (tertiary/aromatic N) is 5. The van der Waals surface area contributed by atoms with Crippen molar-refractivity contribution >= 4 is 33.2 Å². The molecule has 7 aromatic carbocycles. The summed E-state index contributed by atoms with van der Waals surface area (Å²) >= 11 is 0. The van der Waals surface area contributed by atoms with E-state index in [2.05, 4.69) is 115 Å². The minimum Gasteiger partial charge on any atom is -0.436 e. The normalized spacial score (nSPS) is 11.4. The van der Waals surface area contributed by atoms with Crippen molar-refractivity contribution in [1.82, 2.24) is 24.9 Å². The maximum atomic E-state index is 6.22. The molecule has 0 aliphatic rings. The first kappa shape index (κ1) is 30.5. The van der Waals surface area contributed by atoms with Crippen LogP contribution in [0.1, 0.15) is 0 Å². The molecule has 10 aromatic rings. The zero-order valence-corrected chi connectivity index (χ0v) is 28.4. The molecule has 3 aromatic heterocycles. The van der Waals surface area contributed by atoms with Gasteiger partial charge in [-0.2, -0.15) is 0 Å². The summed E-state index contributed by atoms with van der Waals surface area (Å²) in [5.74, 6) is 1.87. The molecule has 10 rings (SSSR count). The molecule has 0 spiro atoms. The van der Waals surface area contributed by atoms with Gasteiger partial charge in [0.05, 0.1) is 11.0 Å². The van der Waals surface area contributed by atoms with E-state index >= 15 is 0 Å². The molecule has 0 aliphatic heterocycles. The van der Waals surface area contributed by atoms with Gasteiger partial charge in [0.25, 0.3) is 0 Å². The van der Waals surface area contributed by atoms with Crippen LogP contribution in [0.4, 0.5) is 0 Å². The van der Waals surface area contributed by atoms with Crippen molar-refractivity contribution in [2.75, 3.05) is 0 Å². The van der Waals surface area contributed by atoms with Gasteiger partial charge in [-0.3, -0.25) is 0 Å². The third-order valence-corrected chi connectivity index (χ3v) is 9.55. The third-order valence-electron chi connectivity index (χ3n) is 9.55. The summed E-state index contributed by atoms with van der Waals surface area (Å²) < 4.78 is 6.22. The minimum atomic E-state index is 0.544. The molecule has 248 valence electrons. The number of hydrogen-bond acceptors (Lipinski definition) is 6. The molecule has 0 fully saturated rings. The van der Waals surface area contributed by atoms with Crippen molar-refractivity contribution in [3.63, 3.8) is 0 Å². The lowest BCUT2D eigenvalue weighted by atomic mass is 9.97. The van der Waals surface area contributed by atoms with Crippen molar-refractivity contribution in [3.8, 4) is 67.5 Å². The monoisotopic (exact) mass is 679 g/mol. The van der Waals surface area contributed by atoms with Crippen LogP contribution in [0.15, 0.2) is 180 Å². The first-order valence-corrected chi connectivity index (χ1v) is 17.5. The lowest BCUT2D eigenvalue weighted by Gasteiger charge is -2.11. The van der Waals surface area contributed by atoms with Gasteiger partial charge >= 0.3 is 0 Å². The summed E-state index contributed by atoms with van der Waals surface area (Å²) in [5, 5.41) is 0.949. The fourth-order valence-corrected chi connectivity index (χ4v) is 6.83. The zero-order valence-electron chi connectivity index (χ0n) is 28.4. The van der Waals surface area contributed by atoms with Crippen molar-refractivity contribution in [2.24, 2.45) is 0 Å². The number of fused-ring (bicyclic) bond motifs is 4. The maximum absolute atomic E-state index is 6.22. The van der Waals surface area contributed by atoms with E-state index in [1.54, 1.807) is 0 Å². The summed E-state index contributed by atoms with van der Waals surface area (Å²) in [4.78, 5) is 24.5. The van der Waals surface area contributed by atoms with Crippen molar-refractivity contribution in [3.05, 3.63) is 176 Å². The van der Waals surface area contributed by atoms with Gasteiger partial charge in [-0.15, -0.1) is 0 Å². The highest BCUT2D eigenvalue weighted by Gasteiger charge is 2.15. The number of furan rings is 1. The van der Waals surface area contributed by atoms with Crippen LogP contribution in [0, 0.1) is 0 Å². The lowest BCUT2D eigenvalue weighted by Crippen LogP contribution is -2.00. The molecule has 0 atom stereocenters. The van der Waals surface area contributed by atoms with E-state index in [4.69, 9.17) is 29.3 Å². The molecule has 0 N–H and O–H groups in total. The molecule has 53 heavy (non-hydrogen) atoms. The molecule has 0 bridgehead atoms. The molecule has 0 radical (unpaired) electrons. The average Bonchev–Trinajstić information content (AvgIpc) is 3.60. The Morgan fingerprint density at radius 1 is 0.302 bits per heavy atom. The zero-order chi connectivity index (χ0) is 35.1. The summed E-state index contributed by atoms with van der Waals surface area (Å²) in [6, 6.07) is 59.9. The molecular weight excluding hydrogens is 651 g/mol. The van der Waals surface area contributed by atoms with Crippen molar-refractivity contribution in [2.45, 2.75) is 0 Å². The second kappa shape index (κ2) is 12.8. The van der Waals surface area contributed by atoms with E-state index in [0.29, 0.717) is 23.2 Å². The van der Waals surface area contributed by atoms with Crippen LogP contribution in [-0.4, -0.2) is 24.9 Å². The quantitative estimate of drug-likeness (QED) is 0.174. The summed E-state index contributed by atoms with van der Waals surface area (Å²) in [5.41, 5.74) is 13.1. The second-order valence-electron chi connectivity index (χ2n) is 13.0. The number of rotatable bonds is 6. The average molecular weight is 680 g/mol. The Kier molecular flexibility index (Phi) is 7.36. The Morgan fingerprint density at radius 2 is 0.736 bits per heavy atom. The largest absolute Gasteiger partial charge is 0.436 e. The van der Waals surface area contributed by atoms with Gasteiger partial charge in [0.15, 0.2) is 17.5 Å². The first-order chi connectivity index (χ1) is 26.2. The molecular formula is C47H29N5O. The fourth-order valence-electron chi connectivity index (χ4n) is 6.83. The molecule has 0 unspecified atom stereocenters. The van der Waals surface area contributed by atoms with E-state index in [9.17, 15) is 0 Å². The van der Waals surface area contributed by atoms with Crippen LogP contribution in [0.25, 0.3) is 101 Å². The van der Waals surface area contributed by atoms with Gasteiger partial charge in [-0.1, -0.05) is 140 Å². The first-order valence-electron chi connectivity index (χ1n) is 17.5. The van der Waals surface area contributed by atoms with Crippen LogP contribution in [0.2, 0.25) is 0 Å². The van der Waals surface area contributed by atoms with E-state index in [-0.39, 0.29) is 0 Å². The second-order valence-corrected chi connectivity index (χ2v) is 13.0.